The molecule has 0 unspecified atom stereocenters. The molecule has 1 N–H and O–H groups in total. The van der Waals surface area contributed by atoms with Crippen LogP contribution < -0.4 is 29.1 Å². The van der Waals surface area contributed by atoms with E-state index in [0.717, 1.165) is 0 Å². The smallest absolute Gasteiger partial charge is 0.338 e. The molecule has 232 valence electrons. The zero-order chi connectivity index (χ0) is 32.2. The molecule has 45 heavy (non-hydrogen) atoms. The molecule has 2 heterocycles. The van der Waals surface area contributed by atoms with Crippen molar-refractivity contribution in [3.8, 4) is 17.2 Å². The van der Waals surface area contributed by atoms with E-state index in [-0.39, 0.29) is 40.7 Å². The molecule has 0 amide bonds. The number of carbonyl (C=O) groups is 2. The van der Waals surface area contributed by atoms with E-state index in [2.05, 4.69) is 4.99 Å². The lowest BCUT2D eigenvalue weighted by Crippen LogP contribution is -2.40. The van der Waals surface area contributed by atoms with E-state index in [9.17, 15) is 19.5 Å². The number of fused-ring (bicyclic) bond motifs is 1. The van der Waals surface area contributed by atoms with E-state index in [1.165, 1.54) is 42.3 Å². The number of hydrogen-bond donors (Lipinski definition) is 1. The second-order valence-electron chi connectivity index (χ2n) is 9.87. The quantitative estimate of drug-likeness (QED) is 0.244. The monoisotopic (exact) mass is 648 g/mol. The third-order valence-corrected chi connectivity index (χ3v) is 8.32. The molecule has 1 aromatic heterocycles. The second kappa shape index (κ2) is 13.4. The summed E-state index contributed by atoms with van der Waals surface area (Å²) < 4.78 is 24.3. The summed E-state index contributed by atoms with van der Waals surface area (Å²) in [6, 6.07) is 16.1. The van der Waals surface area contributed by atoms with E-state index in [4.69, 9.17) is 30.5 Å². The van der Waals surface area contributed by atoms with Crippen LogP contribution >= 0.6 is 22.9 Å². The number of carboxylic acids is 1. The summed E-state index contributed by atoms with van der Waals surface area (Å²) in [6.07, 6.45) is 1.67. The Morgan fingerprint density at radius 2 is 1.82 bits per heavy atom. The molecule has 5 rings (SSSR count). The van der Waals surface area contributed by atoms with Gasteiger partial charge in [-0.05, 0) is 61.4 Å². The zero-order valence-electron chi connectivity index (χ0n) is 24.8. The van der Waals surface area contributed by atoms with Gasteiger partial charge in [-0.3, -0.25) is 9.36 Å². The highest BCUT2D eigenvalue weighted by molar-refractivity contribution is 7.07. The van der Waals surface area contributed by atoms with Crippen molar-refractivity contribution >= 4 is 41.0 Å². The summed E-state index contributed by atoms with van der Waals surface area (Å²) in [4.78, 5) is 43.5. The van der Waals surface area contributed by atoms with Gasteiger partial charge in [0.05, 0.1) is 47.2 Å². The number of ether oxygens (including phenoxy) is 4. The van der Waals surface area contributed by atoms with Gasteiger partial charge in [-0.15, -0.1) is 0 Å². The molecule has 0 spiro atoms. The summed E-state index contributed by atoms with van der Waals surface area (Å²) in [5, 5.41) is 9.50. The number of para-hydroxylation sites is 1. The Bertz CT molecular complexity index is 2010. The summed E-state index contributed by atoms with van der Waals surface area (Å²) in [5.41, 5.74) is 2.29. The number of halogens is 1. The molecule has 3 aromatic carbocycles. The Morgan fingerprint density at radius 3 is 2.53 bits per heavy atom. The first-order valence-corrected chi connectivity index (χ1v) is 15.0. The predicted octanol–water partition coefficient (Wildman–Crippen LogP) is 4.75. The molecular weight excluding hydrogens is 620 g/mol. The van der Waals surface area contributed by atoms with Crippen molar-refractivity contribution in [1.29, 1.82) is 0 Å². The van der Waals surface area contributed by atoms with Gasteiger partial charge in [0.2, 0.25) is 0 Å². The summed E-state index contributed by atoms with van der Waals surface area (Å²) >= 11 is 7.79. The summed E-state index contributed by atoms with van der Waals surface area (Å²) in [7, 11) is 3.00. The fraction of sp³-hybridized carbons (Fsp3) is 0.212. The average molecular weight is 649 g/mol. The highest BCUT2D eigenvalue weighted by atomic mass is 35.5. The second-order valence-corrected chi connectivity index (χ2v) is 11.3. The van der Waals surface area contributed by atoms with Crippen LogP contribution in [0.1, 0.15) is 46.9 Å². The number of thiazole rings is 1. The van der Waals surface area contributed by atoms with Gasteiger partial charge in [0, 0.05) is 5.56 Å². The van der Waals surface area contributed by atoms with Crippen LogP contribution in [0.15, 0.2) is 81.7 Å². The summed E-state index contributed by atoms with van der Waals surface area (Å²) in [6.45, 7) is 3.65. The van der Waals surface area contributed by atoms with Crippen molar-refractivity contribution < 1.29 is 33.6 Å². The van der Waals surface area contributed by atoms with E-state index in [0.29, 0.717) is 43.2 Å². The first-order chi connectivity index (χ1) is 21.7. The molecule has 1 aliphatic heterocycles. The third-order valence-electron chi connectivity index (χ3n) is 7.06. The number of benzene rings is 3. The van der Waals surface area contributed by atoms with Crippen molar-refractivity contribution in [3.05, 3.63) is 119 Å². The molecule has 0 radical (unpaired) electrons. The SMILES string of the molecule is CCOC(=O)C1=C(C)N=c2s/c(=C/c3cc(Cl)c(OCc4cccc(C(=O)O)c4)c(OC)c3)c(=O)n2[C@H]1c1ccccc1OC. The maximum absolute atomic E-state index is 14.0. The van der Waals surface area contributed by atoms with E-state index in [1.807, 2.05) is 12.1 Å². The molecule has 0 bridgehead atoms. The third kappa shape index (κ3) is 6.36. The minimum Gasteiger partial charge on any atom is -0.496 e. The van der Waals surface area contributed by atoms with Crippen LogP contribution in [-0.4, -0.2) is 42.4 Å². The van der Waals surface area contributed by atoms with Crippen molar-refractivity contribution in [3.63, 3.8) is 0 Å². The number of methoxy groups -OCH3 is 2. The minimum absolute atomic E-state index is 0.0558. The standard InChI is InChI=1S/C33H29ClN2O8S/c1-5-43-32(40)27-18(2)35-33-36(28(27)22-11-6-7-12-24(22)41-3)30(37)26(45-33)16-20-14-23(34)29(25(15-20)42-4)44-17-19-9-8-10-21(13-19)31(38)39/h6-16,28H,5,17H2,1-4H3,(H,38,39)/b26-16+/t28-/m0/s1. The van der Waals surface area contributed by atoms with E-state index < -0.39 is 18.0 Å². The molecule has 10 nitrogen and oxygen atoms in total. The molecule has 1 aliphatic rings. The summed E-state index contributed by atoms with van der Waals surface area (Å²) in [5.74, 6) is -0.502. The Hall–Kier alpha value is -4.87. The lowest BCUT2D eigenvalue weighted by molar-refractivity contribution is -0.139. The Kier molecular flexibility index (Phi) is 9.40. The van der Waals surface area contributed by atoms with Gasteiger partial charge in [0.1, 0.15) is 18.4 Å². The van der Waals surface area contributed by atoms with Crippen LogP contribution in [0.5, 0.6) is 17.2 Å². The number of hydrogen-bond acceptors (Lipinski definition) is 9. The zero-order valence-corrected chi connectivity index (χ0v) is 26.4. The fourth-order valence-corrected chi connectivity index (χ4v) is 6.36. The highest BCUT2D eigenvalue weighted by Crippen LogP contribution is 2.38. The first kappa shape index (κ1) is 31.6. The number of aromatic nitrogens is 1. The van der Waals surface area contributed by atoms with Crippen molar-refractivity contribution in [2.45, 2.75) is 26.5 Å². The number of esters is 1. The molecule has 12 heteroatoms. The molecule has 0 saturated heterocycles. The number of rotatable bonds is 10. The normalized spacial score (nSPS) is 14.4. The maximum atomic E-state index is 14.0. The van der Waals surface area contributed by atoms with Crippen molar-refractivity contribution in [1.82, 2.24) is 4.57 Å². The van der Waals surface area contributed by atoms with Crippen LogP contribution in [0, 0.1) is 0 Å². The number of aromatic carboxylic acids is 1. The number of allylic oxidation sites excluding steroid dienone is 1. The number of carboxylic acid groups (broad SMARTS) is 1. The van der Waals surface area contributed by atoms with E-state index >= 15 is 0 Å². The Balaban J connectivity index is 1.57. The largest absolute Gasteiger partial charge is 0.496 e. The highest BCUT2D eigenvalue weighted by Gasteiger charge is 2.35. The van der Waals surface area contributed by atoms with E-state index in [1.54, 1.807) is 56.3 Å². The van der Waals surface area contributed by atoms with Gasteiger partial charge in [-0.25, -0.2) is 14.6 Å². The van der Waals surface area contributed by atoms with Crippen molar-refractivity contribution in [2.24, 2.45) is 4.99 Å². The van der Waals surface area contributed by atoms with Gasteiger partial charge in [0.25, 0.3) is 5.56 Å². The molecule has 0 fully saturated rings. The van der Waals surface area contributed by atoms with Crippen LogP contribution in [0.4, 0.5) is 0 Å². The van der Waals surface area contributed by atoms with Gasteiger partial charge in [-0.1, -0.05) is 53.3 Å². The molecule has 1 atom stereocenters. The minimum atomic E-state index is -1.04. The van der Waals surface area contributed by atoms with Crippen LogP contribution in [0.3, 0.4) is 0 Å². The van der Waals surface area contributed by atoms with Gasteiger partial charge >= 0.3 is 11.9 Å². The van der Waals surface area contributed by atoms with Gasteiger partial charge < -0.3 is 24.1 Å². The molecule has 0 saturated carbocycles. The van der Waals surface area contributed by atoms with Gasteiger partial charge in [0.15, 0.2) is 16.3 Å². The topological polar surface area (TPSA) is 126 Å². The Labute approximate surface area is 267 Å². The Morgan fingerprint density at radius 1 is 1.07 bits per heavy atom. The van der Waals surface area contributed by atoms with Crippen LogP contribution in [-0.2, 0) is 16.1 Å². The number of nitrogens with zero attached hydrogens (tertiary/aromatic N) is 2. The maximum Gasteiger partial charge on any atom is 0.338 e. The van der Waals surface area contributed by atoms with Crippen molar-refractivity contribution in [2.75, 3.05) is 20.8 Å². The molecule has 0 aliphatic carbocycles. The average Bonchev–Trinajstić information content (AvgIpc) is 3.33. The van der Waals surface area contributed by atoms with Gasteiger partial charge in [-0.2, -0.15) is 0 Å². The first-order valence-electron chi connectivity index (χ1n) is 13.8. The van der Waals surface area contributed by atoms with Crippen LogP contribution in [0.25, 0.3) is 6.08 Å². The predicted molar refractivity (Wildman–Crippen MR) is 169 cm³/mol. The lowest BCUT2D eigenvalue weighted by Gasteiger charge is -2.25. The molecular formula is C33H29ClN2O8S. The number of carbonyl (C=O) groups excluding carboxylic acids is 1. The lowest BCUT2D eigenvalue weighted by atomic mass is 9.95. The molecule has 4 aromatic rings. The van der Waals surface area contributed by atoms with Crippen LogP contribution in [0.2, 0.25) is 5.02 Å². The fourth-order valence-electron chi connectivity index (χ4n) is 5.04.